The molecule has 2 heterocycles. The molecule has 0 amide bonds. The van der Waals surface area contributed by atoms with E-state index in [2.05, 4.69) is 0 Å². The summed E-state index contributed by atoms with van der Waals surface area (Å²) in [6.45, 7) is 3.53. The first-order valence-corrected chi connectivity index (χ1v) is 5.56. The van der Waals surface area contributed by atoms with E-state index in [0.717, 1.165) is 0 Å². The number of esters is 1. The topological polar surface area (TPSA) is 68.5 Å². The van der Waals surface area contributed by atoms with Crippen LogP contribution in [0, 0.1) is 5.92 Å². The second-order valence-corrected chi connectivity index (χ2v) is 4.39. The predicted molar refractivity (Wildman–Crippen MR) is 59.5 cm³/mol. The van der Waals surface area contributed by atoms with E-state index >= 15 is 0 Å². The number of aliphatic hydroxyl groups is 1. The second-order valence-electron chi connectivity index (χ2n) is 4.39. The molecule has 0 unspecified atom stereocenters. The fourth-order valence-electron chi connectivity index (χ4n) is 2.05. The summed E-state index contributed by atoms with van der Waals surface area (Å²) < 4.78 is 6.67. The molecule has 3 atom stereocenters. The molecule has 0 radical (unpaired) electrons. The second kappa shape index (κ2) is 4.33. The first-order chi connectivity index (χ1) is 8.04. The third-order valence-electron chi connectivity index (χ3n) is 3.31. The maximum atomic E-state index is 11.6. The van der Waals surface area contributed by atoms with Crippen LogP contribution in [-0.4, -0.2) is 28.0 Å². The van der Waals surface area contributed by atoms with Crippen molar-refractivity contribution in [3.63, 3.8) is 0 Å². The molecule has 0 aliphatic carbocycles. The van der Waals surface area contributed by atoms with Crippen LogP contribution >= 0.6 is 0 Å². The highest BCUT2D eigenvalue weighted by molar-refractivity contribution is 5.76. The lowest BCUT2D eigenvalue weighted by Gasteiger charge is -2.29. The molecular formula is C12H15NO4. The van der Waals surface area contributed by atoms with Crippen molar-refractivity contribution in [1.29, 1.82) is 0 Å². The van der Waals surface area contributed by atoms with Crippen LogP contribution in [0.5, 0.6) is 0 Å². The third-order valence-corrected chi connectivity index (χ3v) is 3.31. The predicted octanol–water partition coefficient (Wildman–Crippen LogP) is 0.915. The maximum Gasteiger partial charge on any atom is 0.326 e. The van der Waals surface area contributed by atoms with Gasteiger partial charge in [0.2, 0.25) is 0 Å². The Balaban J connectivity index is 2.48. The average Bonchev–Trinajstić information content (AvgIpc) is 2.68. The molecule has 0 aromatic carbocycles. The standard InChI is InChI=1S/C12H15NO4/c1-7-8(2)17-11(15)5-13-9(6-14)3-4-10(13)12(7)16/h3-4,6-8,12,16H,5H2,1-2H3/t7-,8+,12-/m0/s1. The van der Waals surface area contributed by atoms with Crippen LogP contribution in [0.2, 0.25) is 0 Å². The Labute approximate surface area is 99.0 Å². The van der Waals surface area contributed by atoms with E-state index in [-0.39, 0.29) is 18.6 Å². The number of hydrogen-bond acceptors (Lipinski definition) is 4. The van der Waals surface area contributed by atoms with Crippen LogP contribution in [0.3, 0.4) is 0 Å². The van der Waals surface area contributed by atoms with E-state index in [1.807, 2.05) is 6.92 Å². The molecule has 0 saturated carbocycles. The summed E-state index contributed by atoms with van der Waals surface area (Å²) in [4.78, 5) is 22.4. The number of hydrogen-bond donors (Lipinski definition) is 1. The number of nitrogens with zero attached hydrogens (tertiary/aromatic N) is 1. The minimum absolute atomic E-state index is 0.0372. The Morgan fingerprint density at radius 1 is 1.47 bits per heavy atom. The quantitative estimate of drug-likeness (QED) is 0.582. The lowest BCUT2D eigenvalue weighted by molar-refractivity contribution is -0.155. The molecule has 0 spiro atoms. The highest BCUT2D eigenvalue weighted by Gasteiger charge is 2.31. The molecule has 5 heteroatoms. The van der Waals surface area contributed by atoms with Gasteiger partial charge in [-0.3, -0.25) is 9.59 Å². The Morgan fingerprint density at radius 3 is 2.82 bits per heavy atom. The van der Waals surface area contributed by atoms with Gasteiger partial charge in [0, 0.05) is 11.6 Å². The minimum Gasteiger partial charge on any atom is -0.461 e. The lowest BCUT2D eigenvalue weighted by Crippen LogP contribution is -2.33. The van der Waals surface area contributed by atoms with Crippen molar-refractivity contribution in [2.45, 2.75) is 32.6 Å². The molecule has 1 aliphatic rings. The molecule has 1 aliphatic heterocycles. The smallest absolute Gasteiger partial charge is 0.326 e. The molecule has 17 heavy (non-hydrogen) atoms. The van der Waals surface area contributed by atoms with Crippen LogP contribution < -0.4 is 0 Å². The van der Waals surface area contributed by atoms with Crippen LogP contribution in [0.25, 0.3) is 0 Å². The van der Waals surface area contributed by atoms with Crippen molar-refractivity contribution >= 4 is 12.3 Å². The summed E-state index contributed by atoms with van der Waals surface area (Å²) in [6, 6.07) is 3.28. The van der Waals surface area contributed by atoms with Crippen molar-refractivity contribution in [2.75, 3.05) is 0 Å². The van der Waals surface area contributed by atoms with Crippen molar-refractivity contribution in [1.82, 2.24) is 4.57 Å². The summed E-state index contributed by atoms with van der Waals surface area (Å²) in [5.41, 5.74) is 0.959. The molecule has 1 aromatic heterocycles. The fourth-order valence-corrected chi connectivity index (χ4v) is 2.05. The molecule has 1 N–H and O–H groups in total. The summed E-state index contributed by atoms with van der Waals surface area (Å²) in [7, 11) is 0. The van der Waals surface area contributed by atoms with E-state index in [4.69, 9.17) is 4.74 Å². The number of carbonyl (C=O) groups excluding carboxylic acids is 2. The van der Waals surface area contributed by atoms with Gasteiger partial charge in [-0.2, -0.15) is 0 Å². The van der Waals surface area contributed by atoms with Gasteiger partial charge in [-0.05, 0) is 19.1 Å². The van der Waals surface area contributed by atoms with E-state index in [1.54, 1.807) is 19.1 Å². The average molecular weight is 237 g/mol. The largest absolute Gasteiger partial charge is 0.461 e. The number of aliphatic hydroxyl groups excluding tert-OH is 1. The maximum absolute atomic E-state index is 11.6. The summed E-state index contributed by atoms with van der Waals surface area (Å²) in [5, 5.41) is 10.2. The lowest BCUT2D eigenvalue weighted by atomic mass is 9.96. The van der Waals surface area contributed by atoms with E-state index in [9.17, 15) is 14.7 Å². The zero-order valence-corrected chi connectivity index (χ0v) is 9.79. The zero-order chi connectivity index (χ0) is 12.6. The monoisotopic (exact) mass is 237 g/mol. The number of aromatic nitrogens is 1. The Hall–Kier alpha value is -1.62. The number of rotatable bonds is 1. The van der Waals surface area contributed by atoms with Crippen molar-refractivity contribution in [2.24, 2.45) is 5.92 Å². The van der Waals surface area contributed by atoms with Crippen LogP contribution in [-0.2, 0) is 16.1 Å². The molecule has 0 fully saturated rings. The van der Waals surface area contributed by atoms with Gasteiger partial charge in [-0.15, -0.1) is 0 Å². The Kier molecular flexibility index (Phi) is 3.02. The first kappa shape index (κ1) is 11.9. The molecule has 0 bridgehead atoms. The normalized spacial score (nSPS) is 28.9. The van der Waals surface area contributed by atoms with Gasteiger partial charge >= 0.3 is 5.97 Å². The highest BCUT2D eigenvalue weighted by Crippen LogP contribution is 2.29. The third kappa shape index (κ3) is 1.98. The van der Waals surface area contributed by atoms with Gasteiger partial charge in [0.25, 0.3) is 0 Å². The van der Waals surface area contributed by atoms with Gasteiger partial charge in [0.05, 0.1) is 5.69 Å². The molecule has 0 saturated heterocycles. The van der Waals surface area contributed by atoms with Crippen molar-refractivity contribution in [3.8, 4) is 0 Å². The number of ether oxygens (including phenoxy) is 1. The van der Waals surface area contributed by atoms with E-state index < -0.39 is 12.1 Å². The number of carbonyl (C=O) groups is 2. The Morgan fingerprint density at radius 2 is 2.18 bits per heavy atom. The highest BCUT2D eigenvalue weighted by atomic mass is 16.5. The number of fused-ring (bicyclic) bond motifs is 1. The Bertz CT molecular complexity index is 451. The van der Waals surface area contributed by atoms with Crippen LogP contribution in [0.4, 0.5) is 0 Å². The first-order valence-electron chi connectivity index (χ1n) is 5.56. The van der Waals surface area contributed by atoms with Gasteiger partial charge in [-0.25, -0.2) is 0 Å². The molecule has 1 aromatic rings. The van der Waals surface area contributed by atoms with E-state index in [1.165, 1.54) is 4.57 Å². The number of aldehydes is 1. The van der Waals surface area contributed by atoms with Crippen molar-refractivity contribution in [3.05, 3.63) is 23.5 Å². The molecule has 92 valence electrons. The van der Waals surface area contributed by atoms with E-state index in [0.29, 0.717) is 17.7 Å². The molecular weight excluding hydrogens is 222 g/mol. The van der Waals surface area contributed by atoms with Crippen molar-refractivity contribution < 1.29 is 19.4 Å². The summed E-state index contributed by atoms with van der Waals surface area (Å²) >= 11 is 0. The van der Waals surface area contributed by atoms with Gasteiger partial charge in [-0.1, -0.05) is 6.92 Å². The SMILES string of the molecule is C[C@@H]1[C@H](O)c2ccc(C=O)n2CC(=O)O[C@@H]1C. The summed E-state index contributed by atoms with van der Waals surface area (Å²) in [5.74, 6) is -0.607. The summed E-state index contributed by atoms with van der Waals surface area (Å²) in [6.07, 6.45) is -0.424. The van der Waals surface area contributed by atoms with Gasteiger partial charge < -0.3 is 14.4 Å². The minimum atomic E-state index is -0.744. The van der Waals surface area contributed by atoms with Crippen LogP contribution in [0.15, 0.2) is 12.1 Å². The van der Waals surface area contributed by atoms with Gasteiger partial charge in [0.15, 0.2) is 6.29 Å². The number of cyclic esters (lactones) is 1. The fraction of sp³-hybridized carbons (Fsp3) is 0.500. The molecule has 2 rings (SSSR count). The molecule has 5 nitrogen and oxygen atoms in total. The van der Waals surface area contributed by atoms with Gasteiger partial charge in [0.1, 0.15) is 18.8 Å². The van der Waals surface area contributed by atoms with Crippen LogP contribution in [0.1, 0.15) is 36.1 Å². The zero-order valence-electron chi connectivity index (χ0n) is 9.79.